The van der Waals surface area contributed by atoms with Crippen molar-refractivity contribution in [1.29, 1.82) is 0 Å². The zero-order valence-corrected chi connectivity index (χ0v) is 22.1. The van der Waals surface area contributed by atoms with E-state index in [1.54, 1.807) is 11.0 Å². The lowest BCUT2D eigenvalue weighted by Gasteiger charge is -2.38. The fourth-order valence-electron chi connectivity index (χ4n) is 6.15. The molecule has 0 spiro atoms. The van der Waals surface area contributed by atoms with Crippen LogP contribution in [0, 0.1) is 0 Å². The minimum absolute atomic E-state index is 0.0319. The van der Waals surface area contributed by atoms with Crippen LogP contribution in [0.5, 0.6) is 0 Å². The van der Waals surface area contributed by atoms with Crippen molar-refractivity contribution in [3.05, 3.63) is 59.5 Å². The van der Waals surface area contributed by atoms with Gasteiger partial charge in [0.05, 0.1) is 6.54 Å². The lowest BCUT2D eigenvalue weighted by molar-refractivity contribution is -0.123. The third-order valence-electron chi connectivity index (χ3n) is 8.24. The second-order valence-electron chi connectivity index (χ2n) is 11.1. The predicted molar refractivity (Wildman–Crippen MR) is 144 cm³/mol. The summed E-state index contributed by atoms with van der Waals surface area (Å²) in [7, 11) is 0. The number of piperidine rings is 2. The number of nitrogens with zero attached hydrogens (tertiary/aromatic N) is 3. The zero-order valence-electron chi connectivity index (χ0n) is 22.1. The zero-order chi connectivity index (χ0) is 25.5. The van der Waals surface area contributed by atoms with E-state index in [2.05, 4.69) is 39.4 Å². The van der Waals surface area contributed by atoms with Crippen LogP contribution in [-0.4, -0.2) is 71.3 Å². The number of likely N-dealkylation sites (tertiary alicyclic amines) is 2. The summed E-state index contributed by atoms with van der Waals surface area (Å²) >= 11 is 0. The van der Waals surface area contributed by atoms with E-state index in [0.29, 0.717) is 5.76 Å². The number of carbonyl (C=O) groups excluding carboxylic acids is 2. The molecule has 7 heteroatoms. The van der Waals surface area contributed by atoms with E-state index in [1.165, 1.54) is 37.7 Å². The minimum Gasteiger partial charge on any atom is -0.455 e. The van der Waals surface area contributed by atoms with Crippen LogP contribution >= 0.6 is 0 Å². The molecule has 3 aliphatic rings. The molecule has 2 amide bonds. The van der Waals surface area contributed by atoms with Gasteiger partial charge >= 0.3 is 0 Å². The summed E-state index contributed by atoms with van der Waals surface area (Å²) in [6, 6.07) is 14.5. The summed E-state index contributed by atoms with van der Waals surface area (Å²) in [4.78, 5) is 33.3. The SMILES string of the molecule is O=C(CN(C(=O)c1ccc(CN2CCCCC2)o1)C1CCN(Cc2ccccc2)CC1)NC1CCCC1. The quantitative estimate of drug-likeness (QED) is 0.545. The molecule has 2 aliphatic heterocycles. The maximum Gasteiger partial charge on any atom is 0.290 e. The molecule has 1 N–H and O–H groups in total. The molecule has 0 atom stereocenters. The summed E-state index contributed by atoms with van der Waals surface area (Å²) < 4.78 is 6.06. The van der Waals surface area contributed by atoms with Gasteiger partial charge in [-0.15, -0.1) is 0 Å². The molecule has 3 fully saturated rings. The van der Waals surface area contributed by atoms with Gasteiger partial charge in [0.25, 0.3) is 5.91 Å². The van der Waals surface area contributed by atoms with Gasteiger partial charge in [-0.2, -0.15) is 0 Å². The van der Waals surface area contributed by atoms with Gasteiger partial charge < -0.3 is 14.6 Å². The molecule has 0 unspecified atom stereocenters. The highest BCUT2D eigenvalue weighted by molar-refractivity contribution is 5.94. The summed E-state index contributed by atoms with van der Waals surface area (Å²) in [5.74, 6) is 0.978. The number of benzene rings is 1. The first-order chi connectivity index (χ1) is 18.1. The van der Waals surface area contributed by atoms with Crippen LogP contribution in [0.15, 0.2) is 46.9 Å². The number of carbonyl (C=O) groups is 2. The van der Waals surface area contributed by atoms with Crippen LogP contribution in [0.25, 0.3) is 0 Å². The molecule has 1 saturated carbocycles. The monoisotopic (exact) mass is 506 g/mol. The molecule has 1 aromatic heterocycles. The Morgan fingerprint density at radius 3 is 2.24 bits per heavy atom. The van der Waals surface area contributed by atoms with Crippen LogP contribution in [0.3, 0.4) is 0 Å². The number of rotatable bonds is 9. The largest absolute Gasteiger partial charge is 0.455 e. The van der Waals surface area contributed by atoms with Gasteiger partial charge in [0.2, 0.25) is 5.91 Å². The maximum atomic E-state index is 13.7. The molecule has 0 bridgehead atoms. The minimum atomic E-state index is -0.159. The average Bonchev–Trinajstić information content (AvgIpc) is 3.61. The Morgan fingerprint density at radius 2 is 1.51 bits per heavy atom. The first-order valence-corrected chi connectivity index (χ1v) is 14.3. The van der Waals surface area contributed by atoms with Crippen molar-refractivity contribution in [3.8, 4) is 0 Å². The predicted octanol–water partition coefficient (Wildman–Crippen LogP) is 4.43. The van der Waals surface area contributed by atoms with E-state index in [4.69, 9.17) is 4.42 Å². The van der Waals surface area contributed by atoms with E-state index in [-0.39, 0.29) is 30.4 Å². The van der Waals surface area contributed by atoms with Crippen LogP contribution in [0.2, 0.25) is 0 Å². The normalized spacial score (nSPS) is 20.2. The van der Waals surface area contributed by atoms with Gasteiger partial charge in [0.15, 0.2) is 5.76 Å². The Morgan fingerprint density at radius 1 is 0.811 bits per heavy atom. The molecular weight excluding hydrogens is 464 g/mol. The smallest absolute Gasteiger partial charge is 0.290 e. The van der Waals surface area contributed by atoms with Crippen molar-refractivity contribution in [2.45, 2.75) is 83.0 Å². The van der Waals surface area contributed by atoms with Crippen LogP contribution < -0.4 is 5.32 Å². The number of hydrogen-bond donors (Lipinski definition) is 1. The summed E-state index contributed by atoms with van der Waals surface area (Å²) in [5, 5.41) is 3.18. The lowest BCUT2D eigenvalue weighted by atomic mass is 10.0. The number of amides is 2. The second kappa shape index (κ2) is 12.7. The van der Waals surface area contributed by atoms with Gasteiger partial charge in [-0.1, -0.05) is 49.6 Å². The molecular formula is C30H42N4O3. The Balaban J connectivity index is 1.23. The Labute approximate surface area is 221 Å². The highest BCUT2D eigenvalue weighted by atomic mass is 16.4. The molecule has 200 valence electrons. The van der Waals surface area contributed by atoms with Crippen LogP contribution in [0.1, 0.15) is 79.7 Å². The maximum absolute atomic E-state index is 13.7. The average molecular weight is 507 g/mol. The molecule has 2 aromatic rings. The van der Waals surface area contributed by atoms with Crippen molar-refractivity contribution in [2.24, 2.45) is 0 Å². The van der Waals surface area contributed by atoms with Gasteiger partial charge in [0, 0.05) is 31.7 Å². The van der Waals surface area contributed by atoms with Crippen molar-refractivity contribution >= 4 is 11.8 Å². The fourth-order valence-corrected chi connectivity index (χ4v) is 6.15. The highest BCUT2D eigenvalue weighted by Gasteiger charge is 2.32. The molecule has 1 aromatic carbocycles. The molecule has 5 rings (SSSR count). The number of nitrogens with one attached hydrogen (secondary N) is 1. The van der Waals surface area contributed by atoms with Gasteiger partial charge in [-0.3, -0.25) is 19.4 Å². The molecule has 0 radical (unpaired) electrons. The first-order valence-electron chi connectivity index (χ1n) is 14.3. The number of hydrogen-bond acceptors (Lipinski definition) is 5. The molecule has 2 saturated heterocycles. The van der Waals surface area contributed by atoms with E-state index in [0.717, 1.165) is 70.7 Å². The molecule has 37 heavy (non-hydrogen) atoms. The topological polar surface area (TPSA) is 69.0 Å². The van der Waals surface area contributed by atoms with E-state index >= 15 is 0 Å². The lowest BCUT2D eigenvalue weighted by Crippen LogP contribution is -2.51. The van der Waals surface area contributed by atoms with E-state index < -0.39 is 0 Å². The van der Waals surface area contributed by atoms with Crippen molar-refractivity contribution < 1.29 is 14.0 Å². The number of furan rings is 1. The second-order valence-corrected chi connectivity index (χ2v) is 11.1. The Hall–Kier alpha value is -2.64. The van der Waals surface area contributed by atoms with Crippen LogP contribution in [-0.2, 0) is 17.9 Å². The standard InChI is InChI=1S/C30H42N4O3/c35-29(31-25-11-5-6-12-25)23-34(26-15-19-33(20-16-26)21-24-9-3-1-4-10-24)30(36)28-14-13-27(37-28)22-32-17-7-2-8-18-32/h1,3-4,9-10,13-14,25-26H,2,5-8,11-12,15-23H2,(H,31,35). The van der Waals surface area contributed by atoms with Gasteiger partial charge in [-0.05, 0) is 69.3 Å². The summed E-state index contributed by atoms with van der Waals surface area (Å²) in [6.45, 7) is 5.74. The Bertz CT molecular complexity index is 1000. The van der Waals surface area contributed by atoms with E-state index in [1.807, 2.05) is 12.1 Å². The first kappa shape index (κ1) is 26.0. The molecule has 3 heterocycles. The van der Waals surface area contributed by atoms with Crippen molar-refractivity contribution in [3.63, 3.8) is 0 Å². The summed E-state index contributed by atoms with van der Waals surface area (Å²) in [5.41, 5.74) is 1.31. The van der Waals surface area contributed by atoms with Gasteiger partial charge in [-0.25, -0.2) is 0 Å². The summed E-state index contributed by atoms with van der Waals surface area (Å²) in [6.07, 6.45) is 9.86. The van der Waals surface area contributed by atoms with Crippen molar-refractivity contribution in [1.82, 2.24) is 20.0 Å². The third kappa shape index (κ3) is 7.23. The van der Waals surface area contributed by atoms with Crippen LogP contribution in [0.4, 0.5) is 0 Å². The Kier molecular flexibility index (Phi) is 8.95. The van der Waals surface area contributed by atoms with E-state index in [9.17, 15) is 9.59 Å². The fraction of sp³-hybridized carbons (Fsp3) is 0.600. The van der Waals surface area contributed by atoms with Gasteiger partial charge in [0.1, 0.15) is 12.3 Å². The highest BCUT2D eigenvalue weighted by Crippen LogP contribution is 2.23. The van der Waals surface area contributed by atoms with Crippen molar-refractivity contribution in [2.75, 3.05) is 32.7 Å². The third-order valence-corrected chi connectivity index (χ3v) is 8.24. The molecule has 7 nitrogen and oxygen atoms in total. The molecule has 1 aliphatic carbocycles.